The van der Waals surface area contributed by atoms with Crippen molar-refractivity contribution < 1.29 is 4.79 Å². The van der Waals surface area contributed by atoms with Crippen molar-refractivity contribution in [1.29, 1.82) is 0 Å². The van der Waals surface area contributed by atoms with Gasteiger partial charge in [0.2, 0.25) is 0 Å². The second-order valence-corrected chi connectivity index (χ2v) is 6.40. The number of aromatic nitrogens is 6. The smallest absolute Gasteiger partial charge is 0.274 e. The number of rotatable bonds is 3. The molecule has 0 aromatic carbocycles. The van der Waals surface area contributed by atoms with E-state index in [2.05, 4.69) is 19.9 Å². The first-order valence-electron chi connectivity index (χ1n) is 8.56. The zero-order chi connectivity index (χ0) is 17.9. The summed E-state index contributed by atoms with van der Waals surface area (Å²) >= 11 is 0. The van der Waals surface area contributed by atoms with Crippen LogP contribution in [0, 0.1) is 0 Å². The molecule has 1 unspecified atom stereocenters. The molecule has 26 heavy (non-hydrogen) atoms. The lowest BCUT2D eigenvalue weighted by Gasteiger charge is -2.32. The van der Waals surface area contributed by atoms with E-state index >= 15 is 0 Å². The molecular formula is C18H19N7O. The summed E-state index contributed by atoms with van der Waals surface area (Å²) < 4.78 is 1.92. The van der Waals surface area contributed by atoms with E-state index in [1.807, 2.05) is 16.5 Å². The molecule has 0 bridgehead atoms. The summed E-state index contributed by atoms with van der Waals surface area (Å²) in [5.41, 5.74) is 2.99. The van der Waals surface area contributed by atoms with Gasteiger partial charge in [-0.25, -0.2) is 15.0 Å². The molecule has 1 aliphatic rings. The molecule has 1 aliphatic heterocycles. The molecule has 1 atom stereocenters. The van der Waals surface area contributed by atoms with Gasteiger partial charge < -0.3 is 9.47 Å². The van der Waals surface area contributed by atoms with Gasteiger partial charge in [0, 0.05) is 44.6 Å². The van der Waals surface area contributed by atoms with Gasteiger partial charge in [-0.15, -0.1) is 0 Å². The summed E-state index contributed by atoms with van der Waals surface area (Å²) in [6.07, 6.45) is 13.6. The molecule has 0 aliphatic carbocycles. The highest BCUT2D eigenvalue weighted by Gasteiger charge is 2.27. The van der Waals surface area contributed by atoms with Gasteiger partial charge in [0.1, 0.15) is 11.4 Å². The van der Waals surface area contributed by atoms with Crippen LogP contribution in [0.1, 0.15) is 34.9 Å². The Kier molecular flexibility index (Phi) is 4.39. The lowest BCUT2D eigenvalue weighted by molar-refractivity contribution is 0.0699. The Labute approximate surface area is 151 Å². The molecule has 0 spiro atoms. The van der Waals surface area contributed by atoms with E-state index in [1.54, 1.807) is 31.1 Å². The highest BCUT2D eigenvalue weighted by Crippen LogP contribution is 2.27. The van der Waals surface area contributed by atoms with Crippen molar-refractivity contribution >= 4 is 5.91 Å². The van der Waals surface area contributed by atoms with Gasteiger partial charge in [0.05, 0.1) is 36.3 Å². The number of carbonyl (C=O) groups excluding carboxylic acids is 1. The fourth-order valence-corrected chi connectivity index (χ4v) is 3.28. The van der Waals surface area contributed by atoms with Gasteiger partial charge in [-0.3, -0.25) is 14.8 Å². The lowest BCUT2D eigenvalue weighted by Crippen LogP contribution is -2.39. The number of carbonyl (C=O) groups is 1. The van der Waals surface area contributed by atoms with Crippen molar-refractivity contribution in [1.82, 2.24) is 34.4 Å². The lowest BCUT2D eigenvalue weighted by atomic mass is 9.94. The van der Waals surface area contributed by atoms with Crippen LogP contribution in [-0.4, -0.2) is 53.4 Å². The van der Waals surface area contributed by atoms with Gasteiger partial charge in [0.15, 0.2) is 0 Å². The molecule has 8 nitrogen and oxygen atoms in total. The van der Waals surface area contributed by atoms with Crippen LogP contribution >= 0.6 is 0 Å². The Morgan fingerprint density at radius 3 is 2.81 bits per heavy atom. The normalized spacial score (nSPS) is 17.3. The van der Waals surface area contributed by atoms with Gasteiger partial charge in [-0.1, -0.05) is 0 Å². The topological polar surface area (TPSA) is 89.7 Å². The maximum absolute atomic E-state index is 12.7. The van der Waals surface area contributed by atoms with Crippen LogP contribution in [0.25, 0.3) is 11.4 Å². The van der Waals surface area contributed by atoms with E-state index in [1.165, 1.54) is 12.4 Å². The van der Waals surface area contributed by atoms with Crippen molar-refractivity contribution in [3.8, 4) is 11.4 Å². The first-order valence-corrected chi connectivity index (χ1v) is 8.56. The highest BCUT2D eigenvalue weighted by atomic mass is 16.2. The SMILES string of the molecule is Cn1cncc1-c1cncc(C2CCCN(C(=O)c3cnccn3)C2)n1. The Bertz CT molecular complexity index is 909. The van der Waals surface area contributed by atoms with Crippen LogP contribution in [0.4, 0.5) is 0 Å². The van der Waals surface area contributed by atoms with Crippen molar-refractivity contribution in [2.45, 2.75) is 18.8 Å². The summed E-state index contributed by atoms with van der Waals surface area (Å²) in [5, 5.41) is 0. The molecule has 4 rings (SSSR count). The maximum atomic E-state index is 12.7. The minimum absolute atomic E-state index is 0.0847. The molecule has 3 aromatic rings. The second-order valence-electron chi connectivity index (χ2n) is 6.40. The van der Waals surface area contributed by atoms with E-state index in [9.17, 15) is 4.79 Å². The summed E-state index contributed by atoms with van der Waals surface area (Å²) in [7, 11) is 1.93. The zero-order valence-corrected chi connectivity index (χ0v) is 14.5. The number of piperidine rings is 1. The molecule has 1 fully saturated rings. The standard InChI is InChI=1S/C18H19N7O/c1-24-12-21-10-17(24)15-8-20-7-14(23-15)13-3-2-6-25(11-13)18(26)16-9-19-4-5-22-16/h4-5,7-10,12-13H,2-3,6,11H2,1H3. The van der Waals surface area contributed by atoms with Crippen LogP contribution < -0.4 is 0 Å². The van der Waals surface area contributed by atoms with Crippen LogP contribution in [0.2, 0.25) is 0 Å². The van der Waals surface area contributed by atoms with Gasteiger partial charge in [0.25, 0.3) is 5.91 Å². The van der Waals surface area contributed by atoms with Gasteiger partial charge in [-0.2, -0.15) is 0 Å². The fraction of sp³-hybridized carbons (Fsp3) is 0.333. The first-order chi connectivity index (χ1) is 12.7. The van der Waals surface area contributed by atoms with Crippen molar-refractivity contribution in [2.75, 3.05) is 13.1 Å². The molecule has 1 amide bonds. The van der Waals surface area contributed by atoms with E-state index < -0.39 is 0 Å². The average Bonchev–Trinajstić information content (AvgIpc) is 3.14. The summed E-state index contributed by atoms with van der Waals surface area (Å²) in [6.45, 7) is 1.33. The fourth-order valence-electron chi connectivity index (χ4n) is 3.28. The number of amides is 1. The number of aryl methyl sites for hydroxylation is 1. The summed E-state index contributed by atoms with van der Waals surface area (Å²) in [5.74, 6) is 0.0728. The van der Waals surface area contributed by atoms with Crippen LogP contribution in [0.5, 0.6) is 0 Å². The minimum atomic E-state index is -0.0847. The van der Waals surface area contributed by atoms with E-state index in [4.69, 9.17) is 4.98 Å². The van der Waals surface area contributed by atoms with Gasteiger partial charge in [-0.05, 0) is 12.8 Å². The number of hydrogen-bond acceptors (Lipinski definition) is 6. The van der Waals surface area contributed by atoms with Gasteiger partial charge >= 0.3 is 0 Å². The third-order valence-electron chi connectivity index (χ3n) is 4.64. The number of likely N-dealkylation sites (tertiary alicyclic amines) is 1. The zero-order valence-electron chi connectivity index (χ0n) is 14.5. The second kappa shape index (κ2) is 6.99. The highest BCUT2D eigenvalue weighted by molar-refractivity contribution is 5.92. The first kappa shape index (κ1) is 16.3. The number of hydrogen-bond donors (Lipinski definition) is 0. The van der Waals surface area contributed by atoms with Crippen LogP contribution in [-0.2, 0) is 7.05 Å². The quantitative estimate of drug-likeness (QED) is 0.715. The monoisotopic (exact) mass is 349 g/mol. The van der Waals surface area contributed by atoms with Crippen molar-refractivity contribution in [2.24, 2.45) is 7.05 Å². The largest absolute Gasteiger partial charge is 0.337 e. The Morgan fingerprint density at radius 2 is 2.04 bits per heavy atom. The minimum Gasteiger partial charge on any atom is -0.337 e. The van der Waals surface area contributed by atoms with Crippen molar-refractivity contribution in [3.05, 3.63) is 54.9 Å². The molecule has 0 radical (unpaired) electrons. The van der Waals surface area contributed by atoms with Crippen LogP contribution in [0.15, 0.2) is 43.5 Å². The number of imidazole rings is 1. The predicted molar refractivity (Wildman–Crippen MR) is 94.1 cm³/mol. The molecule has 1 saturated heterocycles. The predicted octanol–water partition coefficient (Wildman–Crippen LogP) is 1.69. The van der Waals surface area contributed by atoms with E-state index in [0.29, 0.717) is 12.2 Å². The summed E-state index contributed by atoms with van der Waals surface area (Å²) in [6, 6.07) is 0. The maximum Gasteiger partial charge on any atom is 0.274 e. The molecular weight excluding hydrogens is 330 g/mol. The molecule has 132 valence electrons. The molecule has 8 heteroatoms. The Morgan fingerprint density at radius 1 is 1.12 bits per heavy atom. The summed E-state index contributed by atoms with van der Waals surface area (Å²) in [4.78, 5) is 35.9. The Hall–Kier alpha value is -3.16. The third-order valence-corrected chi connectivity index (χ3v) is 4.64. The van der Waals surface area contributed by atoms with Crippen LogP contribution in [0.3, 0.4) is 0 Å². The molecule has 0 saturated carbocycles. The molecule has 4 heterocycles. The molecule has 3 aromatic heterocycles. The Balaban J connectivity index is 1.55. The third kappa shape index (κ3) is 3.17. The number of nitrogens with zero attached hydrogens (tertiary/aromatic N) is 7. The van der Waals surface area contributed by atoms with E-state index in [-0.39, 0.29) is 11.8 Å². The average molecular weight is 349 g/mol. The molecule has 0 N–H and O–H groups in total. The van der Waals surface area contributed by atoms with Crippen molar-refractivity contribution in [3.63, 3.8) is 0 Å². The van der Waals surface area contributed by atoms with E-state index in [0.717, 1.165) is 36.5 Å².